The lowest BCUT2D eigenvalue weighted by atomic mass is 10.0. The summed E-state index contributed by atoms with van der Waals surface area (Å²) in [7, 11) is 3.75. The number of nitrogens with one attached hydrogen (secondary N) is 1. The monoisotopic (exact) mass is 283 g/mol. The Morgan fingerprint density at radius 1 is 1.40 bits per heavy atom. The first kappa shape index (κ1) is 16.2. The second kappa shape index (κ2) is 6.51. The molecule has 7 nitrogen and oxygen atoms in total. The van der Waals surface area contributed by atoms with Gasteiger partial charge in [0, 0.05) is 12.7 Å². The predicted octanol–water partition coefficient (Wildman–Crippen LogP) is 0.384. The highest BCUT2D eigenvalue weighted by molar-refractivity contribution is 5.86. The molecule has 1 rings (SSSR count). The van der Waals surface area contributed by atoms with Crippen molar-refractivity contribution in [3.63, 3.8) is 0 Å². The quantitative estimate of drug-likeness (QED) is 0.787. The van der Waals surface area contributed by atoms with Crippen molar-refractivity contribution in [3.8, 4) is 0 Å². The molecule has 1 aromatic rings. The Hall–Kier alpha value is -1.89. The van der Waals surface area contributed by atoms with Gasteiger partial charge in [0.1, 0.15) is 5.56 Å². The summed E-state index contributed by atoms with van der Waals surface area (Å²) in [6, 6.07) is -0.188. The number of rotatable bonds is 6. The van der Waals surface area contributed by atoms with Crippen molar-refractivity contribution < 1.29 is 9.90 Å². The van der Waals surface area contributed by atoms with Gasteiger partial charge in [0.05, 0.1) is 6.04 Å². The van der Waals surface area contributed by atoms with Crippen molar-refractivity contribution in [3.05, 3.63) is 32.6 Å². The molecule has 0 amide bonds. The highest BCUT2D eigenvalue weighted by Gasteiger charge is 2.19. The molecule has 20 heavy (non-hydrogen) atoms. The summed E-state index contributed by atoms with van der Waals surface area (Å²) in [5.41, 5.74) is -1.86. The lowest BCUT2D eigenvalue weighted by molar-refractivity contribution is 0.0693. The fourth-order valence-corrected chi connectivity index (χ4v) is 2.15. The number of aromatic amines is 1. The molecule has 1 aromatic heterocycles. The van der Waals surface area contributed by atoms with Crippen molar-refractivity contribution in [2.75, 3.05) is 20.6 Å². The van der Waals surface area contributed by atoms with Crippen LogP contribution in [0.3, 0.4) is 0 Å². The van der Waals surface area contributed by atoms with Gasteiger partial charge in [0.25, 0.3) is 5.56 Å². The Kier molecular flexibility index (Phi) is 5.26. The number of aromatic nitrogens is 2. The zero-order chi connectivity index (χ0) is 15.4. The molecule has 1 atom stereocenters. The summed E-state index contributed by atoms with van der Waals surface area (Å²) in [6.07, 6.45) is 1.85. The highest BCUT2D eigenvalue weighted by Crippen LogP contribution is 2.16. The summed E-state index contributed by atoms with van der Waals surface area (Å²) < 4.78 is 1.31. The molecule has 112 valence electrons. The average molecular weight is 283 g/mol. The second-order valence-corrected chi connectivity index (χ2v) is 5.56. The third-order valence-electron chi connectivity index (χ3n) is 2.91. The molecule has 0 aromatic carbocycles. The number of carboxylic acid groups (broad SMARTS) is 1. The molecule has 0 saturated heterocycles. The number of carbonyl (C=O) groups is 1. The van der Waals surface area contributed by atoms with Gasteiger partial charge >= 0.3 is 11.7 Å². The van der Waals surface area contributed by atoms with Crippen LogP contribution < -0.4 is 11.2 Å². The van der Waals surface area contributed by atoms with Gasteiger partial charge in [-0.2, -0.15) is 0 Å². The fourth-order valence-electron chi connectivity index (χ4n) is 2.15. The van der Waals surface area contributed by atoms with Crippen molar-refractivity contribution in [2.24, 2.45) is 5.92 Å². The Morgan fingerprint density at radius 2 is 2.00 bits per heavy atom. The molecule has 1 unspecified atom stereocenters. The topological polar surface area (TPSA) is 95.4 Å². The van der Waals surface area contributed by atoms with Gasteiger partial charge in [-0.1, -0.05) is 13.8 Å². The summed E-state index contributed by atoms with van der Waals surface area (Å²) in [5.74, 6) is -1.000. The molecule has 0 aliphatic carbocycles. The smallest absolute Gasteiger partial charge is 0.342 e. The zero-order valence-electron chi connectivity index (χ0n) is 12.2. The third kappa shape index (κ3) is 4.06. The van der Waals surface area contributed by atoms with Crippen LogP contribution in [-0.4, -0.2) is 46.2 Å². The Morgan fingerprint density at radius 3 is 2.45 bits per heavy atom. The van der Waals surface area contributed by atoms with Crippen molar-refractivity contribution in [1.29, 1.82) is 0 Å². The molecule has 0 radical (unpaired) electrons. The largest absolute Gasteiger partial charge is 0.477 e. The van der Waals surface area contributed by atoms with Crippen LogP contribution in [0.1, 0.15) is 36.7 Å². The van der Waals surface area contributed by atoms with E-state index in [0.717, 1.165) is 6.20 Å². The average Bonchev–Trinajstić information content (AvgIpc) is 2.26. The number of hydrogen-bond donors (Lipinski definition) is 2. The van der Waals surface area contributed by atoms with Gasteiger partial charge in [-0.15, -0.1) is 0 Å². The van der Waals surface area contributed by atoms with Crippen molar-refractivity contribution >= 4 is 5.97 Å². The van der Waals surface area contributed by atoms with Crippen LogP contribution in [0.15, 0.2) is 15.8 Å². The molecule has 0 bridgehead atoms. The van der Waals surface area contributed by atoms with Crippen molar-refractivity contribution in [2.45, 2.75) is 26.3 Å². The predicted molar refractivity (Wildman–Crippen MR) is 75.3 cm³/mol. The summed E-state index contributed by atoms with van der Waals surface area (Å²) in [6.45, 7) is 4.64. The first-order valence-electron chi connectivity index (χ1n) is 6.45. The maximum Gasteiger partial charge on any atom is 0.342 e. The lowest BCUT2D eigenvalue weighted by Gasteiger charge is -2.24. The van der Waals surface area contributed by atoms with E-state index in [1.54, 1.807) is 0 Å². The minimum Gasteiger partial charge on any atom is -0.477 e. The van der Waals surface area contributed by atoms with Gasteiger partial charge in [-0.05, 0) is 26.4 Å². The van der Waals surface area contributed by atoms with Crippen molar-refractivity contribution in [1.82, 2.24) is 14.5 Å². The van der Waals surface area contributed by atoms with Crippen LogP contribution in [0, 0.1) is 5.92 Å². The Balaban J connectivity index is 3.31. The van der Waals surface area contributed by atoms with Crippen LogP contribution in [0.25, 0.3) is 0 Å². The molecular formula is C13H21N3O4. The van der Waals surface area contributed by atoms with E-state index in [-0.39, 0.29) is 6.04 Å². The van der Waals surface area contributed by atoms with Gasteiger partial charge < -0.3 is 10.0 Å². The summed E-state index contributed by atoms with van der Waals surface area (Å²) in [4.78, 5) is 38.4. The zero-order valence-corrected chi connectivity index (χ0v) is 12.2. The highest BCUT2D eigenvalue weighted by atomic mass is 16.4. The summed E-state index contributed by atoms with van der Waals surface area (Å²) >= 11 is 0. The minimum atomic E-state index is -1.34. The van der Waals surface area contributed by atoms with E-state index in [1.165, 1.54) is 4.57 Å². The maximum absolute atomic E-state index is 11.9. The number of carboxylic acids is 1. The normalized spacial score (nSPS) is 12.9. The number of likely N-dealkylation sites (N-methyl/N-ethyl adjacent to an activating group) is 1. The van der Waals surface area contributed by atoms with E-state index < -0.39 is 22.8 Å². The molecule has 0 aliphatic rings. The minimum absolute atomic E-state index is 0.188. The van der Waals surface area contributed by atoms with Crippen LogP contribution >= 0.6 is 0 Å². The van der Waals surface area contributed by atoms with E-state index in [1.807, 2.05) is 32.8 Å². The molecule has 0 fully saturated rings. The second-order valence-electron chi connectivity index (χ2n) is 5.56. The van der Waals surface area contributed by atoms with E-state index in [9.17, 15) is 14.4 Å². The molecule has 2 N–H and O–H groups in total. The van der Waals surface area contributed by atoms with Crippen LogP contribution in [0.5, 0.6) is 0 Å². The number of aromatic carboxylic acids is 1. The molecule has 7 heteroatoms. The molecule has 0 spiro atoms. The number of nitrogens with zero attached hydrogens (tertiary/aromatic N) is 2. The first-order chi connectivity index (χ1) is 9.22. The first-order valence-corrected chi connectivity index (χ1v) is 6.45. The van der Waals surface area contributed by atoms with Gasteiger partial charge in [0.2, 0.25) is 0 Å². The lowest BCUT2D eigenvalue weighted by Crippen LogP contribution is -2.38. The van der Waals surface area contributed by atoms with Crippen LogP contribution in [-0.2, 0) is 0 Å². The van der Waals surface area contributed by atoms with Gasteiger partial charge in [-0.25, -0.2) is 9.59 Å². The van der Waals surface area contributed by atoms with Crippen LogP contribution in [0.4, 0.5) is 0 Å². The Bertz CT molecular complexity index is 576. The standard InChI is InChI=1S/C13H21N3O4/c1-8(2)5-9(6-15(3)4)16-7-10(12(18)19)11(17)14-13(16)20/h7-9H,5-6H2,1-4H3,(H,18,19)(H,14,17,20). The summed E-state index contributed by atoms with van der Waals surface area (Å²) in [5, 5.41) is 8.98. The SMILES string of the molecule is CC(C)CC(CN(C)C)n1cc(C(=O)O)c(=O)[nH]c1=O. The van der Waals surface area contributed by atoms with Gasteiger partial charge in [0.15, 0.2) is 0 Å². The van der Waals surface area contributed by atoms with Gasteiger partial charge in [-0.3, -0.25) is 14.3 Å². The molecular weight excluding hydrogens is 262 g/mol. The molecule has 0 aliphatic heterocycles. The van der Waals surface area contributed by atoms with E-state index in [0.29, 0.717) is 18.9 Å². The number of H-pyrrole nitrogens is 1. The van der Waals surface area contributed by atoms with E-state index >= 15 is 0 Å². The van der Waals surface area contributed by atoms with Crippen LogP contribution in [0.2, 0.25) is 0 Å². The molecule has 1 heterocycles. The Labute approximate surface area is 116 Å². The fraction of sp³-hybridized carbons (Fsp3) is 0.615. The maximum atomic E-state index is 11.9. The third-order valence-corrected chi connectivity index (χ3v) is 2.91. The molecule has 0 saturated carbocycles. The van der Waals surface area contributed by atoms with E-state index in [2.05, 4.69) is 4.98 Å². The van der Waals surface area contributed by atoms with E-state index in [4.69, 9.17) is 5.11 Å². The number of hydrogen-bond acceptors (Lipinski definition) is 4.